The fourth-order valence-corrected chi connectivity index (χ4v) is 6.88. The monoisotopic (exact) mass is 622 g/mol. The van der Waals surface area contributed by atoms with Gasteiger partial charge in [-0.15, -0.1) is 22.7 Å². The van der Waals surface area contributed by atoms with Crippen molar-refractivity contribution >= 4 is 67.1 Å². The molecule has 1 fully saturated rings. The van der Waals surface area contributed by atoms with Crippen molar-refractivity contribution in [3.63, 3.8) is 0 Å². The number of methoxy groups -OCH3 is 1. The maximum atomic E-state index is 13.3. The number of amides is 2. The number of hydrogen-bond acceptors (Lipinski definition) is 11. The van der Waals surface area contributed by atoms with Gasteiger partial charge >= 0.3 is 5.97 Å². The summed E-state index contributed by atoms with van der Waals surface area (Å²) in [7, 11) is 2.91. The largest absolute Gasteiger partial charge is 0.870 e. The van der Waals surface area contributed by atoms with Crippen molar-refractivity contribution in [1.82, 2.24) is 15.2 Å². The molecule has 0 aliphatic carbocycles. The number of oxime groups is 1. The summed E-state index contributed by atoms with van der Waals surface area (Å²) in [5, 5.41) is 19.4. The number of nitrogens with one attached hydrogen (secondary N) is 1. The molecule has 1 saturated heterocycles. The van der Waals surface area contributed by atoms with Crippen LogP contribution in [0.5, 0.6) is 5.75 Å². The molecular formula is C28H26N6O7S2. The van der Waals surface area contributed by atoms with E-state index in [1.54, 1.807) is 28.4 Å². The standard InChI is InChI=1S/C28H24N6O6S2.H2O/c1-39-16-5-3-14(4-6-16)20-11-15-9-10-33(12-21(15)42-20)19-8-7-18-23(26(36)34(18)24(19)27(37)38)31-25(35)22(32-40-2)17-13-41-28(29)30-17;/h3-6,9-13,18,23H,7-8H2,1-2H3,(H3-,29,30,31,35,37,38);1H2/b32-22-;/t18?,23-;/m1./s1. The third kappa shape index (κ3) is 5.29. The molecule has 2 aliphatic rings. The van der Waals surface area contributed by atoms with Crippen LogP contribution in [0.15, 0.2) is 65.0 Å². The van der Waals surface area contributed by atoms with Crippen LogP contribution in [0.4, 0.5) is 5.13 Å². The number of carbonyl (C=O) groups excluding carboxylic acids is 2. The second-order valence-electron chi connectivity index (χ2n) is 9.57. The zero-order chi connectivity index (χ0) is 29.5. The molecule has 3 aromatic heterocycles. The minimum Gasteiger partial charge on any atom is -0.870 e. The first kappa shape index (κ1) is 29.6. The van der Waals surface area contributed by atoms with Gasteiger partial charge in [-0.25, -0.2) is 9.78 Å². The van der Waals surface area contributed by atoms with Crippen molar-refractivity contribution < 1.29 is 39.1 Å². The first-order chi connectivity index (χ1) is 20.3. The molecule has 0 spiro atoms. The van der Waals surface area contributed by atoms with E-state index in [1.807, 2.05) is 42.7 Å². The Morgan fingerprint density at radius 3 is 2.65 bits per heavy atom. The van der Waals surface area contributed by atoms with Crippen molar-refractivity contribution in [2.75, 3.05) is 20.0 Å². The van der Waals surface area contributed by atoms with E-state index in [9.17, 15) is 19.5 Å². The van der Waals surface area contributed by atoms with E-state index in [2.05, 4.69) is 21.5 Å². The predicted molar refractivity (Wildman–Crippen MR) is 159 cm³/mol. The highest BCUT2D eigenvalue weighted by molar-refractivity contribution is 7.22. The highest BCUT2D eigenvalue weighted by Crippen LogP contribution is 2.38. The summed E-state index contributed by atoms with van der Waals surface area (Å²) in [5.74, 6) is -1.63. The highest BCUT2D eigenvalue weighted by atomic mass is 32.1. The Hall–Kier alpha value is -4.86. The van der Waals surface area contributed by atoms with Crippen LogP contribution < -0.4 is 20.4 Å². The minimum absolute atomic E-state index is 0. The Bertz CT molecular complexity index is 1800. The molecule has 2 atom stereocenters. The third-order valence-corrected chi connectivity index (χ3v) is 9.02. The Morgan fingerprint density at radius 2 is 2.00 bits per heavy atom. The summed E-state index contributed by atoms with van der Waals surface area (Å²) in [6, 6.07) is 10.4. The number of carbonyl (C=O) groups is 3. The van der Waals surface area contributed by atoms with Gasteiger partial charge in [-0.3, -0.25) is 14.5 Å². The van der Waals surface area contributed by atoms with E-state index in [0.717, 1.165) is 37.6 Å². The molecule has 0 radical (unpaired) electrons. The van der Waals surface area contributed by atoms with Crippen molar-refractivity contribution in [3.8, 4) is 16.2 Å². The second-order valence-corrected chi connectivity index (χ2v) is 11.5. The molecule has 0 saturated carbocycles. The number of nitrogen functional groups attached to an aromatic ring is 1. The molecule has 43 heavy (non-hydrogen) atoms. The Kier molecular flexibility index (Phi) is 8.12. The minimum atomic E-state index is -1.22. The van der Waals surface area contributed by atoms with Gasteiger partial charge in [-0.2, -0.15) is 4.57 Å². The van der Waals surface area contributed by atoms with Crippen LogP contribution in [0.3, 0.4) is 0 Å². The fourth-order valence-electron chi connectivity index (χ4n) is 5.24. The smallest absolute Gasteiger partial charge is 0.359 e. The predicted octanol–water partition coefficient (Wildman–Crippen LogP) is 2.52. The molecule has 2 amide bonds. The molecule has 5 heterocycles. The van der Waals surface area contributed by atoms with Crippen LogP contribution in [-0.2, 0) is 19.2 Å². The number of nitrogens with zero attached hydrogens (tertiary/aromatic N) is 4. The number of ether oxygens (including phenoxy) is 1. The first-order valence-corrected chi connectivity index (χ1v) is 14.5. The van der Waals surface area contributed by atoms with E-state index in [-0.39, 0.29) is 27.7 Å². The maximum absolute atomic E-state index is 13.3. The maximum Gasteiger partial charge on any atom is 0.359 e. The molecule has 4 aromatic rings. The number of benzene rings is 1. The molecular weight excluding hydrogens is 596 g/mol. The number of rotatable bonds is 8. The molecule has 2 aliphatic heterocycles. The van der Waals surface area contributed by atoms with E-state index in [0.29, 0.717) is 18.5 Å². The number of pyridine rings is 1. The molecule has 1 aromatic carbocycles. The van der Waals surface area contributed by atoms with Gasteiger partial charge in [0.1, 0.15) is 24.6 Å². The zero-order valence-corrected chi connectivity index (χ0v) is 24.5. The van der Waals surface area contributed by atoms with E-state index >= 15 is 0 Å². The number of nitrogens with two attached hydrogens (primary N) is 1. The molecule has 222 valence electrons. The highest BCUT2D eigenvalue weighted by Gasteiger charge is 2.55. The van der Waals surface area contributed by atoms with Gasteiger partial charge in [0.2, 0.25) is 5.70 Å². The average molecular weight is 623 g/mol. The quantitative estimate of drug-likeness (QED) is 0.115. The summed E-state index contributed by atoms with van der Waals surface area (Å²) in [4.78, 5) is 49.9. The van der Waals surface area contributed by atoms with Gasteiger partial charge in [-0.1, -0.05) is 5.16 Å². The van der Waals surface area contributed by atoms with Crippen molar-refractivity contribution in [1.29, 1.82) is 0 Å². The summed E-state index contributed by atoms with van der Waals surface area (Å²) < 4.78 is 7.99. The number of fused-ring (bicyclic) bond motifs is 2. The molecule has 13 nitrogen and oxygen atoms in total. The van der Waals surface area contributed by atoms with Gasteiger partial charge in [0.15, 0.2) is 28.9 Å². The molecule has 0 bridgehead atoms. The number of carboxylic acid groups (broad SMARTS) is 1. The Balaban J connectivity index is 0.00000368. The van der Waals surface area contributed by atoms with Gasteiger partial charge in [-0.05, 0) is 42.3 Å². The van der Waals surface area contributed by atoms with Crippen LogP contribution >= 0.6 is 22.7 Å². The van der Waals surface area contributed by atoms with Gasteiger partial charge in [0.25, 0.3) is 11.8 Å². The number of thiazole rings is 1. The van der Waals surface area contributed by atoms with Gasteiger partial charge in [0, 0.05) is 28.1 Å². The SMILES string of the molecule is CO/N=C(\C(=O)N[C@H]1C(=O)N2C(C(=O)O)=C([n+]3ccc4cc(-c5ccc(OC)cc5)sc4c3)CCC12)c1csc(N)n1.[OH-]. The third-order valence-electron chi connectivity index (χ3n) is 7.21. The van der Waals surface area contributed by atoms with Crippen LogP contribution in [0, 0.1) is 0 Å². The van der Waals surface area contributed by atoms with Crippen molar-refractivity contribution in [2.24, 2.45) is 5.16 Å². The Labute approximate surface area is 252 Å². The number of aliphatic carboxylic acids is 1. The summed E-state index contributed by atoms with van der Waals surface area (Å²) in [6.45, 7) is 0. The number of thiophene rings is 1. The zero-order valence-electron chi connectivity index (χ0n) is 22.9. The van der Waals surface area contributed by atoms with Crippen LogP contribution in [0.1, 0.15) is 18.5 Å². The normalized spacial score (nSPS) is 18.0. The summed E-state index contributed by atoms with van der Waals surface area (Å²) >= 11 is 2.72. The average Bonchev–Trinajstić information content (AvgIpc) is 3.63. The lowest BCUT2D eigenvalue weighted by molar-refractivity contribution is -0.583. The topological polar surface area (TPSA) is 190 Å². The Morgan fingerprint density at radius 1 is 1.23 bits per heavy atom. The molecule has 6 rings (SSSR count). The number of aromatic nitrogens is 2. The fraction of sp³-hybridized carbons (Fsp3) is 0.214. The molecule has 5 N–H and O–H groups in total. The second kappa shape index (κ2) is 11.8. The van der Waals surface area contributed by atoms with Crippen molar-refractivity contribution in [3.05, 3.63) is 65.6 Å². The van der Waals surface area contributed by atoms with E-state index in [4.69, 9.17) is 15.3 Å². The van der Waals surface area contributed by atoms with Crippen LogP contribution in [-0.4, -0.2) is 70.3 Å². The summed E-state index contributed by atoms with van der Waals surface area (Å²) in [6.07, 6.45) is 4.54. The lowest BCUT2D eigenvalue weighted by atomic mass is 9.85. The summed E-state index contributed by atoms with van der Waals surface area (Å²) in [5.41, 5.74) is 7.22. The van der Waals surface area contributed by atoms with Crippen molar-refractivity contribution in [2.45, 2.75) is 24.9 Å². The van der Waals surface area contributed by atoms with Gasteiger partial charge < -0.3 is 31.2 Å². The molecule has 15 heteroatoms. The van der Waals surface area contributed by atoms with Crippen LogP contribution in [0.25, 0.3) is 26.2 Å². The number of anilines is 1. The number of carboxylic acids is 1. The first-order valence-electron chi connectivity index (χ1n) is 12.8. The lowest BCUT2D eigenvalue weighted by Gasteiger charge is -2.48. The van der Waals surface area contributed by atoms with E-state index < -0.39 is 29.9 Å². The number of hydrogen-bond donors (Lipinski definition) is 3. The van der Waals surface area contributed by atoms with Crippen LogP contribution in [0.2, 0.25) is 0 Å². The number of β-lactam (4-membered cyclic amide) rings is 1. The molecule has 1 unspecified atom stereocenters. The van der Waals surface area contributed by atoms with E-state index in [1.165, 1.54) is 12.0 Å². The number of allylic oxidation sites excluding steroid dienone is 1. The lowest BCUT2D eigenvalue weighted by Crippen LogP contribution is -2.72. The van der Waals surface area contributed by atoms with Gasteiger partial charge in [0.05, 0.1) is 17.9 Å².